The van der Waals surface area contributed by atoms with E-state index in [1.165, 1.54) is 42.1 Å². The molecule has 0 fully saturated rings. The van der Waals surface area contributed by atoms with Crippen molar-refractivity contribution in [1.29, 1.82) is 0 Å². The minimum absolute atomic E-state index is 0.122. The molecule has 2 heterocycles. The Balaban J connectivity index is 1.38. The second kappa shape index (κ2) is 12.1. The smallest absolute Gasteiger partial charge is 0.0747 e. The summed E-state index contributed by atoms with van der Waals surface area (Å²) in [6.07, 6.45) is 4.61. The number of nitrogens with zero attached hydrogens (tertiary/aromatic N) is 2. The Morgan fingerprint density at radius 1 is 0.825 bits per heavy atom. The fraction of sp³-hybridized carbons (Fsp3) is 0.235. The van der Waals surface area contributed by atoms with Gasteiger partial charge in [-0.1, -0.05) is 60.7 Å². The summed E-state index contributed by atoms with van der Waals surface area (Å²) in [6, 6.07) is 30.4. The van der Waals surface area contributed by atoms with Crippen LogP contribution in [0.4, 0.5) is 11.4 Å². The van der Waals surface area contributed by atoms with E-state index in [-0.39, 0.29) is 5.92 Å². The Bertz CT molecular complexity index is 1680. The van der Waals surface area contributed by atoms with Crippen molar-refractivity contribution in [2.75, 3.05) is 38.6 Å². The van der Waals surface area contributed by atoms with Crippen LogP contribution in [0, 0.1) is 3.57 Å². The molecule has 1 unspecified atom stereocenters. The molecule has 0 N–H and O–H groups in total. The van der Waals surface area contributed by atoms with Crippen molar-refractivity contribution >= 4 is 61.8 Å². The van der Waals surface area contributed by atoms with E-state index in [1.54, 1.807) is 7.11 Å². The van der Waals surface area contributed by atoms with Gasteiger partial charge in [0.25, 0.3) is 0 Å². The van der Waals surface area contributed by atoms with Crippen LogP contribution < -0.4 is 5.06 Å². The number of fused-ring (bicyclic) bond motifs is 5. The summed E-state index contributed by atoms with van der Waals surface area (Å²) in [5.41, 5.74) is 8.36. The molecule has 4 aromatic carbocycles. The molecule has 0 bridgehead atoms. The molecular weight excluding hydrogens is 611 g/mol. The third-order valence-electron chi connectivity index (χ3n) is 7.48. The molecule has 1 aliphatic rings. The molecule has 204 valence electrons. The number of allylic oxidation sites excluding steroid dienone is 1. The van der Waals surface area contributed by atoms with Crippen LogP contribution in [-0.2, 0) is 20.9 Å². The molecule has 6 rings (SSSR count). The van der Waals surface area contributed by atoms with Crippen LogP contribution >= 0.6 is 22.6 Å². The quantitative estimate of drug-likeness (QED) is 0.113. The molecule has 0 spiro atoms. The van der Waals surface area contributed by atoms with E-state index in [4.69, 9.17) is 14.3 Å². The number of rotatable bonds is 10. The van der Waals surface area contributed by atoms with Crippen LogP contribution in [0.1, 0.15) is 29.5 Å². The van der Waals surface area contributed by atoms with Gasteiger partial charge in [-0.05, 0) is 77.0 Å². The average Bonchev–Trinajstić information content (AvgIpc) is 3.30. The highest BCUT2D eigenvalue weighted by molar-refractivity contribution is 14.1. The summed E-state index contributed by atoms with van der Waals surface area (Å²) in [4.78, 5) is 6.13. The van der Waals surface area contributed by atoms with Gasteiger partial charge in [-0.15, -0.1) is 0 Å². The molecule has 0 saturated carbocycles. The summed E-state index contributed by atoms with van der Waals surface area (Å²) in [5, 5.41) is 4.52. The van der Waals surface area contributed by atoms with Crippen LogP contribution in [0.15, 0.2) is 91.0 Å². The fourth-order valence-corrected chi connectivity index (χ4v) is 6.54. The van der Waals surface area contributed by atoms with E-state index in [0.717, 1.165) is 17.9 Å². The van der Waals surface area contributed by atoms with Gasteiger partial charge in [-0.25, -0.2) is 5.06 Å². The van der Waals surface area contributed by atoms with Crippen LogP contribution in [-0.4, -0.2) is 38.1 Å². The summed E-state index contributed by atoms with van der Waals surface area (Å²) in [6.45, 7) is 5.30. The summed E-state index contributed by atoms with van der Waals surface area (Å²) in [7, 11) is 1.70. The topological polar surface area (TPSA) is 35.9 Å². The first-order valence-electron chi connectivity index (χ1n) is 13.8. The molecule has 40 heavy (non-hydrogen) atoms. The molecule has 5 nitrogen and oxygen atoms in total. The van der Waals surface area contributed by atoms with Crippen molar-refractivity contribution in [2.45, 2.75) is 19.4 Å². The highest BCUT2D eigenvalue weighted by atomic mass is 127. The lowest BCUT2D eigenvalue weighted by Crippen LogP contribution is -2.26. The molecule has 0 amide bonds. The van der Waals surface area contributed by atoms with E-state index in [2.05, 4.69) is 124 Å². The Hall–Kier alpha value is -3.17. The van der Waals surface area contributed by atoms with E-state index in [9.17, 15) is 0 Å². The monoisotopic (exact) mass is 644 g/mol. The Morgan fingerprint density at radius 2 is 1.62 bits per heavy atom. The van der Waals surface area contributed by atoms with E-state index in [0.29, 0.717) is 26.4 Å². The zero-order chi connectivity index (χ0) is 27.5. The van der Waals surface area contributed by atoms with Crippen LogP contribution in [0.5, 0.6) is 0 Å². The third-order valence-corrected chi connectivity index (χ3v) is 8.42. The minimum Gasteiger partial charge on any atom is -0.382 e. The van der Waals surface area contributed by atoms with E-state index >= 15 is 0 Å². The first kappa shape index (κ1) is 27.0. The largest absolute Gasteiger partial charge is 0.382 e. The second-order valence-corrected chi connectivity index (χ2v) is 11.0. The van der Waals surface area contributed by atoms with E-state index in [1.807, 2.05) is 12.0 Å². The lowest BCUT2D eigenvalue weighted by Gasteiger charge is -2.36. The van der Waals surface area contributed by atoms with Gasteiger partial charge < -0.3 is 14.0 Å². The maximum Gasteiger partial charge on any atom is 0.0747 e. The van der Waals surface area contributed by atoms with E-state index < -0.39 is 0 Å². The van der Waals surface area contributed by atoms with Gasteiger partial charge in [-0.2, -0.15) is 0 Å². The second-order valence-electron chi connectivity index (χ2n) is 9.83. The minimum atomic E-state index is 0.122. The summed E-state index contributed by atoms with van der Waals surface area (Å²) in [5.74, 6) is 0.122. The maximum atomic E-state index is 6.13. The van der Waals surface area contributed by atoms with Crippen molar-refractivity contribution in [3.8, 4) is 0 Å². The SMILES string of the molecule is CCON1c2ccccc2C(C=Cc2ccc3c(c2)c2ccccc2n3CCOCCOC)c2c(I)cccc21. The Kier molecular flexibility index (Phi) is 8.20. The Morgan fingerprint density at radius 3 is 2.50 bits per heavy atom. The highest BCUT2D eigenvalue weighted by Crippen LogP contribution is 2.48. The molecular formula is C34H33IN2O3. The van der Waals surface area contributed by atoms with Gasteiger partial charge in [0, 0.05) is 50.5 Å². The number of hydrogen-bond acceptors (Lipinski definition) is 4. The molecule has 1 atom stereocenters. The molecule has 6 heteroatoms. The summed E-state index contributed by atoms with van der Waals surface area (Å²) < 4.78 is 14.5. The van der Waals surface area contributed by atoms with Gasteiger partial charge in [0.2, 0.25) is 0 Å². The number of ether oxygens (including phenoxy) is 2. The molecule has 1 aromatic heterocycles. The number of aromatic nitrogens is 1. The maximum absolute atomic E-state index is 6.13. The van der Waals surface area contributed by atoms with Crippen molar-refractivity contribution in [3.05, 3.63) is 111 Å². The van der Waals surface area contributed by atoms with Crippen molar-refractivity contribution in [3.63, 3.8) is 0 Å². The number of anilines is 2. The predicted molar refractivity (Wildman–Crippen MR) is 172 cm³/mol. The van der Waals surface area contributed by atoms with Crippen molar-refractivity contribution in [1.82, 2.24) is 4.57 Å². The van der Waals surface area contributed by atoms with Crippen LogP contribution in [0.3, 0.4) is 0 Å². The average molecular weight is 645 g/mol. The van der Waals surface area contributed by atoms with Crippen LogP contribution in [0.25, 0.3) is 27.9 Å². The number of halogens is 1. The summed E-state index contributed by atoms with van der Waals surface area (Å²) >= 11 is 2.46. The lowest BCUT2D eigenvalue weighted by molar-refractivity contribution is 0.0673. The normalized spacial score (nSPS) is 14.8. The highest BCUT2D eigenvalue weighted by Gasteiger charge is 2.31. The third kappa shape index (κ3) is 5.05. The molecule has 0 saturated heterocycles. The number of para-hydroxylation sites is 2. The standard InChI is InChI=1S/C34H33IN2O3/c1-3-40-37-32-13-7-5-9-25(32)27(34-29(35)11-8-14-33(34)37)17-15-24-16-18-31-28(23-24)26-10-4-6-12-30(26)36(31)19-20-39-22-21-38-2/h4-18,23,27H,3,19-22H2,1-2H3. The van der Waals surface area contributed by atoms with Crippen molar-refractivity contribution < 1.29 is 14.3 Å². The Labute approximate surface area is 249 Å². The molecule has 1 aliphatic heterocycles. The molecule has 5 aromatic rings. The number of methoxy groups -OCH3 is 1. The van der Waals surface area contributed by atoms with Gasteiger partial charge in [0.15, 0.2) is 0 Å². The molecule has 0 aliphatic carbocycles. The zero-order valence-corrected chi connectivity index (χ0v) is 25.0. The fourth-order valence-electron chi connectivity index (χ4n) is 5.72. The predicted octanol–water partition coefficient (Wildman–Crippen LogP) is 8.31. The van der Waals surface area contributed by atoms with Gasteiger partial charge in [0.05, 0.1) is 37.8 Å². The van der Waals surface area contributed by atoms with Crippen molar-refractivity contribution in [2.24, 2.45) is 0 Å². The molecule has 0 radical (unpaired) electrons. The number of benzene rings is 4. The van der Waals surface area contributed by atoms with Gasteiger partial charge in [-0.3, -0.25) is 4.84 Å². The van der Waals surface area contributed by atoms with Gasteiger partial charge in [0.1, 0.15) is 0 Å². The number of hydrogen-bond donors (Lipinski definition) is 0. The van der Waals surface area contributed by atoms with Gasteiger partial charge >= 0.3 is 0 Å². The van der Waals surface area contributed by atoms with Crippen LogP contribution in [0.2, 0.25) is 0 Å². The zero-order valence-electron chi connectivity index (χ0n) is 22.8. The first-order valence-corrected chi connectivity index (χ1v) is 14.9. The first-order chi connectivity index (χ1) is 19.7. The lowest BCUT2D eigenvalue weighted by atomic mass is 9.85.